The average Bonchev–Trinajstić information content (AvgIpc) is 2.70. The van der Waals surface area contributed by atoms with Gasteiger partial charge in [-0.05, 0) is 49.9 Å². The van der Waals surface area contributed by atoms with E-state index in [1.165, 1.54) is 6.42 Å². The summed E-state index contributed by atoms with van der Waals surface area (Å²) in [6, 6.07) is 3.74. The molecule has 1 aromatic rings. The minimum atomic E-state index is -1.45. The maximum atomic E-state index is 14.8. The fourth-order valence-corrected chi connectivity index (χ4v) is 3.56. The first kappa shape index (κ1) is 15.6. The third-order valence-corrected chi connectivity index (χ3v) is 4.81. The number of benzene rings is 1. The Labute approximate surface area is 132 Å². The molecule has 0 aromatic heterocycles. The molecule has 3 rings (SSSR count). The molecule has 0 radical (unpaired) electrons. The Morgan fingerprint density at radius 3 is 2.18 bits per heavy atom. The Morgan fingerprint density at radius 1 is 1.00 bits per heavy atom. The van der Waals surface area contributed by atoms with Gasteiger partial charge in [-0.1, -0.05) is 19.3 Å². The van der Waals surface area contributed by atoms with Gasteiger partial charge >= 0.3 is 0 Å². The highest BCUT2D eigenvalue weighted by molar-refractivity contribution is 5.52. The minimum Gasteiger partial charge on any atom is -0.490 e. The van der Waals surface area contributed by atoms with E-state index in [0.29, 0.717) is 30.3 Å². The SMILES string of the molecule is CC(C)(F)c1cc2c(cc1C1(N)CCCCC1)OCCCO2. The Balaban J connectivity index is 2.12. The summed E-state index contributed by atoms with van der Waals surface area (Å²) in [4.78, 5) is 0. The van der Waals surface area contributed by atoms with E-state index in [1.54, 1.807) is 19.9 Å². The molecule has 1 saturated carbocycles. The molecular weight excluding hydrogens is 281 g/mol. The van der Waals surface area contributed by atoms with Crippen molar-refractivity contribution in [3.63, 3.8) is 0 Å². The zero-order valence-electron chi connectivity index (χ0n) is 13.6. The lowest BCUT2D eigenvalue weighted by Crippen LogP contribution is -2.40. The highest BCUT2D eigenvalue weighted by Crippen LogP contribution is 2.45. The van der Waals surface area contributed by atoms with Gasteiger partial charge in [0.2, 0.25) is 0 Å². The van der Waals surface area contributed by atoms with Crippen LogP contribution in [0.2, 0.25) is 0 Å². The van der Waals surface area contributed by atoms with Gasteiger partial charge in [0.1, 0.15) is 5.67 Å². The van der Waals surface area contributed by atoms with Gasteiger partial charge in [-0.3, -0.25) is 0 Å². The van der Waals surface area contributed by atoms with Crippen molar-refractivity contribution in [2.45, 2.75) is 63.6 Å². The molecule has 0 amide bonds. The number of ether oxygens (including phenoxy) is 2. The van der Waals surface area contributed by atoms with Crippen LogP contribution in [0.1, 0.15) is 63.5 Å². The molecule has 122 valence electrons. The van der Waals surface area contributed by atoms with Crippen LogP contribution in [0, 0.1) is 0 Å². The zero-order chi connectivity index (χ0) is 15.8. The van der Waals surface area contributed by atoms with Crippen LogP contribution in [0.4, 0.5) is 4.39 Å². The third-order valence-electron chi connectivity index (χ3n) is 4.81. The van der Waals surface area contributed by atoms with Gasteiger partial charge in [0.05, 0.1) is 13.2 Å². The van der Waals surface area contributed by atoms with Gasteiger partial charge in [-0.15, -0.1) is 0 Å². The summed E-state index contributed by atoms with van der Waals surface area (Å²) >= 11 is 0. The molecule has 0 bridgehead atoms. The van der Waals surface area contributed by atoms with Crippen molar-refractivity contribution in [3.8, 4) is 11.5 Å². The molecular formula is C18H26FNO2. The topological polar surface area (TPSA) is 44.5 Å². The number of rotatable bonds is 2. The maximum absolute atomic E-state index is 14.8. The summed E-state index contributed by atoms with van der Waals surface area (Å²) in [5.74, 6) is 1.34. The van der Waals surface area contributed by atoms with Crippen molar-refractivity contribution in [2.24, 2.45) is 5.73 Å². The van der Waals surface area contributed by atoms with E-state index < -0.39 is 11.2 Å². The van der Waals surface area contributed by atoms with E-state index in [2.05, 4.69) is 0 Å². The molecule has 0 spiro atoms. The van der Waals surface area contributed by atoms with Gasteiger partial charge in [-0.2, -0.15) is 0 Å². The first-order valence-corrected chi connectivity index (χ1v) is 8.33. The lowest BCUT2D eigenvalue weighted by molar-refractivity contribution is 0.208. The average molecular weight is 307 g/mol. The monoisotopic (exact) mass is 307 g/mol. The van der Waals surface area contributed by atoms with Gasteiger partial charge in [-0.25, -0.2) is 4.39 Å². The summed E-state index contributed by atoms with van der Waals surface area (Å²) < 4.78 is 26.3. The second-order valence-corrected chi connectivity index (χ2v) is 7.08. The van der Waals surface area contributed by atoms with E-state index >= 15 is 0 Å². The molecule has 0 unspecified atom stereocenters. The van der Waals surface area contributed by atoms with Crippen molar-refractivity contribution in [1.82, 2.24) is 0 Å². The van der Waals surface area contributed by atoms with Crippen LogP contribution in [0.5, 0.6) is 11.5 Å². The Kier molecular flexibility index (Phi) is 4.06. The van der Waals surface area contributed by atoms with E-state index in [4.69, 9.17) is 15.2 Å². The van der Waals surface area contributed by atoms with Crippen LogP contribution in [0.3, 0.4) is 0 Å². The molecule has 1 fully saturated rings. The number of nitrogens with two attached hydrogens (primary N) is 1. The maximum Gasteiger partial charge on any atom is 0.161 e. The second kappa shape index (κ2) is 5.73. The summed E-state index contributed by atoms with van der Waals surface area (Å²) in [7, 11) is 0. The highest BCUT2D eigenvalue weighted by atomic mass is 19.1. The Morgan fingerprint density at radius 2 is 1.59 bits per heavy atom. The summed E-state index contributed by atoms with van der Waals surface area (Å²) in [5, 5.41) is 0. The summed E-state index contributed by atoms with van der Waals surface area (Å²) in [6.45, 7) is 4.40. The number of hydrogen-bond acceptors (Lipinski definition) is 3. The van der Waals surface area contributed by atoms with E-state index in [1.807, 2.05) is 6.07 Å². The van der Waals surface area contributed by atoms with Crippen LogP contribution in [0.15, 0.2) is 12.1 Å². The second-order valence-electron chi connectivity index (χ2n) is 7.08. The van der Waals surface area contributed by atoms with Crippen molar-refractivity contribution in [2.75, 3.05) is 13.2 Å². The van der Waals surface area contributed by atoms with Crippen molar-refractivity contribution in [3.05, 3.63) is 23.3 Å². The molecule has 2 N–H and O–H groups in total. The molecule has 0 saturated heterocycles. The van der Waals surface area contributed by atoms with Crippen molar-refractivity contribution in [1.29, 1.82) is 0 Å². The number of hydrogen-bond donors (Lipinski definition) is 1. The number of alkyl halides is 1. The number of fused-ring (bicyclic) bond motifs is 1. The van der Waals surface area contributed by atoms with Crippen molar-refractivity contribution < 1.29 is 13.9 Å². The van der Waals surface area contributed by atoms with Crippen LogP contribution in [-0.2, 0) is 11.2 Å². The predicted octanol–water partition coefficient (Wildman–Crippen LogP) is 4.17. The van der Waals surface area contributed by atoms with Gasteiger partial charge in [0.15, 0.2) is 11.5 Å². The summed E-state index contributed by atoms with van der Waals surface area (Å²) in [6.07, 6.45) is 6.03. The van der Waals surface area contributed by atoms with Gasteiger partial charge in [0, 0.05) is 12.0 Å². The summed E-state index contributed by atoms with van der Waals surface area (Å²) in [5.41, 5.74) is 6.31. The van der Waals surface area contributed by atoms with E-state index in [0.717, 1.165) is 37.7 Å². The first-order valence-electron chi connectivity index (χ1n) is 8.33. The molecule has 1 aromatic carbocycles. The zero-order valence-corrected chi connectivity index (χ0v) is 13.6. The molecule has 1 aliphatic carbocycles. The molecule has 1 heterocycles. The van der Waals surface area contributed by atoms with Crippen LogP contribution in [-0.4, -0.2) is 13.2 Å². The first-order chi connectivity index (χ1) is 10.4. The molecule has 1 aliphatic heterocycles. The predicted molar refractivity (Wildman–Crippen MR) is 85.1 cm³/mol. The van der Waals surface area contributed by atoms with E-state index in [-0.39, 0.29) is 0 Å². The molecule has 2 aliphatic rings. The molecule has 0 atom stereocenters. The van der Waals surface area contributed by atoms with Crippen LogP contribution >= 0.6 is 0 Å². The lowest BCUT2D eigenvalue weighted by atomic mass is 9.73. The van der Waals surface area contributed by atoms with Gasteiger partial charge < -0.3 is 15.2 Å². The van der Waals surface area contributed by atoms with Gasteiger partial charge in [0.25, 0.3) is 0 Å². The van der Waals surface area contributed by atoms with E-state index in [9.17, 15) is 4.39 Å². The largest absolute Gasteiger partial charge is 0.490 e. The molecule has 4 heteroatoms. The Bertz CT molecular complexity index is 545. The number of halogens is 1. The quantitative estimate of drug-likeness (QED) is 0.892. The minimum absolute atomic E-state index is 0.457. The standard InChI is InChI=1S/C18H26FNO2/c1-17(2,19)13-11-15-16(22-10-6-9-21-15)12-14(13)18(20)7-4-3-5-8-18/h11-12H,3-10,20H2,1-2H3. The third kappa shape index (κ3) is 2.94. The molecule has 22 heavy (non-hydrogen) atoms. The van der Waals surface area contributed by atoms with Crippen molar-refractivity contribution >= 4 is 0 Å². The smallest absolute Gasteiger partial charge is 0.161 e. The lowest BCUT2D eigenvalue weighted by Gasteiger charge is -2.37. The fourth-order valence-electron chi connectivity index (χ4n) is 3.56. The molecule has 3 nitrogen and oxygen atoms in total. The Hall–Kier alpha value is -1.29. The van der Waals surface area contributed by atoms with Crippen LogP contribution in [0.25, 0.3) is 0 Å². The normalized spacial score (nSPS) is 21.3. The fraction of sp³-hybridized carbons (Fsp3) is 0.667. The highest BCUT2D eigenvalue weighted by Gasteiger charge is 2.37. The van der Waals surface area contributed by atoms with Crippen LogP contribution < -0.4 is 15.2 Å².